The molecule has 0 radical (unpaired) electrons. The SMILES string of the molecule is CCCCCCCCC(CCCOC)C(CC)(CC)OC. The fraction of sp³-hybridized carbons (Fsp3) is 1.00. The monoisotopic (exact) mass is 300 g/mol. The summed E-state index contributed by atoms with van der Waals surface area (Å²) in [4.78, 5) is 0. The first kappa shape index (κ1) is 20.9. The van der Waals surface area contributed by atoms with Crippen LogP contribution in [0.5, 0.6) is 0 Å². The van der Waals surface area contributed by atoms with E-state index in [4.69, 9.17) is 9.47 Å². The smallest absolute Gasteiger partial charge is 0.0701 e. The molecule has 2 nitrogen and oxygen atoms in total. The minimum Gasteiger partial charge on any atom is -0.385 e. The molecule has 0 aliphatic carbocycles. The van der Waals surface area contributed by atoms with Crippen molar-refractivity contribution in [2.75, 3.05) is 20.8 Å². The van der Waals surface area contributed by atoms with E-state index in [-0.39, 0.29) is 5.60 Å². The van der Waals surface area contributed by atoms with Gasteiger partial charge >= 0.3 is 0 Å². The molecule has 0 saturated carbocycles. The lowest BCUT2D eigenvalue weighted by molar-refractivity contribution is -0.0721. The third-order valence-corrected chi connectivity index (χ3v) is 5.15. The third-order valence-electron chi connectivity index (χ3n) is 5.15. The van der Waals surface area contributed by atoms with Crippen LogP contribution >= 0.6 is 0 Å². The van der Waals surface area contributed by atoms with E-state index in [1.165, 1.54) is 51.4 Å². The first-order valence-electron chi connectivity index (χ1n) is 9.24. The highest BCUT2D eigenvalue weighted by Gasteiger charge is 2.34. The van der Waals surface area contributed by atoms with Crippen molar-refractivity contribution in [2.24, 2.45) is 5.92 Å². The van der Waals surface area contributed by atoms with E-state index >= 15 is 0 Å². The Morgan fingerprint density at radius 2 is 1.33 bits per heavy atom. The van der Waals surface area contributed by atoms with Gasteiger partial charge in [-0.15, -0.1) is 0 Å². The number of ether oxygens (including phenoxy) is 2. The molecule has 0 aliphatic rings. The summed E-state index contributed by atoms with van der Waals surface area (Å²) in [5.41, 5.74) is 0.0805. The molecule has 21 heavy (non-hydrogen) atoms. The van der Waals surface area contributed by atoms with Gasteiger partial charge in [0.25, 0.3) is 0 Å². The zero-order chi connectivity index (χ0) is 16.0. The molecule has 0 rings (SSSR count). The van der Waals surface area contributed by atoms with Gasteiger partial charge in [0.1, 0.15) is 0 Å². The molecule has 0 amide bonds. The highest BCUT2D eigenvalue weighted by Crippen LogP contribution is 2.36. The molecule has 0 aliphatic heterocycles. The first-order valence-corrected chi connectivity index (χ1v) is 9.24. The van der Waals surface area contributed by atoms with Gasteiger partial charge in [-0.05, 0) is 38.0 Å². The lowest BCUT2D eigenvalue weighted by atomic mass is 9.77. The zero-order valence-corrected chi connectivity index (χ0v) is 15.4. The maximum atomic E-state index is 5.98. The third kappa shape index (κ3) is 8.21. The Labute approximate surface area is 134 Å². The Kier molecular flexibility index (Phi) is 13.5. The maximum absolute atomic E-state index is 5.98. The van der Waals surface area contributed by atoms with Gasteiger partial charge in [0.05, 0.1) is 5.60 Å². The second-order valence-corrected chi connectivity index (χ2v) is 6.36. The molecule has 0 saturated heterocycles. The van der Waals surface area contributed by atoms with Gasteiger partial charge in [-0.3, -0.25) is 0 Å². The molecule has 0 bridgehead atoms. The van der Waals surface area contributed by atoms with E-state index in [1.54, 1.807) is 7.11 Å². The molecule has 0 fully saturated rings. The summed E-state index contributed by atoms with van der Waals surface area (Å²) in [5.74, 6) is 0.679. The molecule has 2 heteroatoms. The van der Waals surface area contributed by atoms with Crippen molar-refractivity contribution in [2.45, 2.75) is 97.0 Å². The van der Waals surface area contributed by atoms with Crippen molar-refractivity contribution in [3.05, 3.63) is 0 Å². The average molecular weight is 301 g/mol. The van der Waals surface area contributed by atoms with Crippen molar-refractivity contribution in [1.82, 2.24) is 0 Å². The van der Waals surface area contributed by atoms with Crippen LogP contribution < -0.4 is 0 Å². The van der Waals surface area contributed by atoms with Crippen LogP contribution in [-0.4, -0.2) is 26.4 Å². The van der Waals surface area contributed by atoms with Crippen LogP contribution in [0.15, 0.2) is 0 Å². The van der Waals surface area contributed by atoms with Crippen molar-refractivity contribution >= 4 is 0 Å². The molecule has 0 heterocycles. The van der Waals surface area contributed by atoms with Gasteiger partial charge in [0, 0.05) is 20.8 Å². The standard InChI is InChI=1S/C19H40O2/c1-6-9-10-11-12-13-15-18(16-14-17-20-4)19(7-2,8-3)21-5/h18H,6-17H2,1-5H3. The minimum absolute atomic E-state index is 0.0805. The minimum atomic E-state index is 0.0805. The quantitative estimate of drug-likeness (QED) is 0.346. The molecule has 0 aromatic rings. The summed E-state index contributed by atoms with van der Waals surface area (Å²) >= 11 is 0. The predicted molar refractivity (Wildman–Crippen MR) is 92.9 cm³/mol. The van der Waals surface area contributed by atoms with Crippen molar-refractivity contribution in [1.29, 1.82) is 0 Å². The van der Waals surface area contributed by atoms with Crippen LogP contribution in [0, 0.1) is 5.92 Å². The molecular weight excluding hydrogens is 260 g/mol. The fourth-order valence-electron chi connectivity index (χ4n) is 3.60. The van der Waals surface area contributed by atoms with E-state index in [0.29, 0.717) is 5.92 Å². The summed E-state index contributed by atoms with van der Waals surface area (Å²) in [6, 6.07) is 0. The largest absolute Gasteiger partial charge is 0.385 e. The molecule has 1 atom stereocenters. The van der Waals surface area contributed by atoms with Gasteiger partial charge in [-0.25, -0.2) is 0 Å². The van der Waals surface area contributed by atoms with Gasteiger partial charge in [-0.2, -0.15) is 0 Å². The zero-order valence-electron chi connectivity index (χ0n) is 15.4. The number of hydrogen-bond acceptors (Lipinski definition) is 2. The van der Waals surface area contributed by atoms with E-state index in [2.05, 4.69) is 20.8 Å². The van der Waals surface area contributed by atoms with Crippen LogP contribution in [0.3, 0.4) is 0 Å². The molecular formula is C19H40O2. The summed E-state index contributed by atoms with van der Waals surface area (Å²) in [7, 11) is 3.70. The Balaban J connectivity index is 4.30. The number of rotatable bonds is 15. The highest BCUT2D eigenvalue weighted by molar-refractivity contribution is 4.86. The van der Waals surface area contributed by atoms with Crippen molar-refractivity contribution in [3.8, 4) is 0 Å². The van der Waals surface area contributed by atoms with Gasteiger partial charge < -0.3 is 9.47 Å². The molecule has 1 unspecified atom stereocenters. The lowest BCUT2D eigenvalue weighted by Crippen LogP contribution is -2.39. The fourth-order valence-corrected chi connectivity index (χ4v) is 3.60. The summed E-state index contributed by atoms with van der Waals surface area (Å²) in [6.07, 6.45) is 14.2. The average Bonchev–Trinajstić information content (AvgIpc) is 2.52. The van der Waals surface area contributed by atoms with Crippen LogP contribution in [0.25, 0.3) is 0 Å². The summed E-state index contributed by atoms with van der Waals surface area (Å²) < 4.78 is 11.2. The number of unbranched alkanes of at least 4 members (excludes halogenated alkanes) is 5. The van der Waals surface area contributed by atoms with E-state index in [0.717, 1.165) is 25.9 Å². The molecule has 0 N–H and O–H groups in total. The Bertz CT molecular complexity index is 203. The van der Waals surface area contributed by atoms with Crippen LogP contribution in [-0.2, 0) is 9.47 Å². The Morgan fingerprint density at radius 1 is 0.762 bits per heavy atom. The second kappa shape index (κ2) is 13.6. The highest BCUT2D eigenvalue weighted by atomic mass is 16.5. The van der Waals surface area contributed by atoms with Gasteiger partial charge in [0.15, 0.2) is 0 Å². The topological polar surface area (TPSA) is 18.5 Å². The van der Waals surface area contributed by atoms with Crippen LogP contribution in [0.1, 0.15) is 91.4 Å². The van der Waals surface area contributed by atoms with E-state index in [1.807, 2.05) is 7.11 Å². The maximum Gasteiger partial charge on any atom is 0.0701 e. The van der Waals surface area contributed by atoms with Crippen molar-refractivity contribution < 1.29 is 9.47 Å². The van der Waals surface area contributed by atoms with Gasteiger partial charge in [0.2, 0.25) is 0 Å². The summed E-state index contributed by atoms with van der Waals surface area (Å²) in [6.45, 7) is 7.70. The molecule has 0 spiro atoms. The number of hydrogen-bond donors (Lipinski definition) is 0. The molecule has 0 aromatic carbocycles. The molecule has 128 valence electrons. The first-order chi connectivity index (χ1) is 10.2. The lowest BCUT2D eigenvalue weighted by Gasteiger charge is -2.39. The normalized spacial score (nSPS) is 13.6. The summed E-state index contributed by atoms with van der Waals surface area (Å²) in [5, 5.41) is 0. The van der Waals surface area contributed by atoms with E-state index < -0.39 is 0 Å². The Morgan fingerprint density at radius 3 is 1.86 bits per heavy atom. The second-order valence-electron chi connectivity index (χ2n) is 6.36. The van der Waals surface area contributed by atoms with Gasteiger partial charge in [-0.1, -0.05) is 59.3 Å². The Hall–Kier alpha value is -0.0800. The van der Waals surface area contributed by atoms with Crippen molar-refractivity contribution in [3.63, 3.8) is 0 Å². The van der Waals surface area contributed by atoms with Crippen LogP contribution in [0.4, 0.5) is 0 Å². The number of methoxy groups -OCH3 is 2. The van der Waals surface area contributed by atoms with Crippen LogP contribution in [0.2, 0.25) is 0 Å². The molecule has 0 aromatic heterocycles. The van der Waals surface area contributed by atoms with E-state index in [9.17, 15) is 0 Å². The predicted octanol–water partition coefficient (Wildman–Crippen LogP) is 5.99.